The molecule has 2 atom stereocenters. The molecule has 0 radical (unpaired) electrons. The largest absolute Gasteiger partial charge is 0.480 e. The van der Waals surface area contributed by atoms with Crippen LogP contribution in [0.1, 0.15) is 6.42 Å². The Morgan fingerprint density at radius 2 is 2.09 bits per heavy atom. The van der Waals surface area contributed by atoms with Gasteiger partial charge in [0, 0.05) is 12.6 Å². The van der Waals surface area contributed by atoms with E-state index in [4.69, 9.17) is 10.8 Å². The molecule has 0 saturated carbocycles. The molecule has 0 aromatic heterocycles. The molecule has 1 heterocycles. The number of hydrogen-bond donors (Lipinski definition) is 3. The highest BCUT2D eigenvalue weighted by molar-refractivity contribution is 5.85. The summed E-state index contributed by atoms with van der Waals surface area (Å²) in [6, 6.07) is -0.397. The molecular formula is C5H12Cl2N2O2. The molecule has 0 bridgehead atoms. The molecule has 0 aliphatic carbocycles. The summed E-state index contributed by atoms with van der Waals surface area (Å²) >= 11 is 0. The Balaban J connectivity index is 0. The molecule has 4 nitrogen and oxygen atoms in total. The van der Waals surface area contributed by atoms with Crippen LogP contribution in [0.25, 0.3) is 0 Å². The Labute approximate surface area is 77.3 Å². The van der Waals surface area contributed by atoms with Gasteiger partial charge in [0.1, 0.15) is 6.04 Å². The fourth-order valence-corrected chi connectivity index (χ4v) is 0.951. The lowest BCUT2D eigenvalue weighted by molar-refractivity contribution is -0.139. The van der Waals surface area contributed by atoms with Gasteiger partial charge < -0.3 is 16.2 Å². The first-order valence-corrected chi connectivity index (χ1v) is 2.92. The maximum atomic E-state index is 10.2. The molecule has 1 fully saturated rings. The Morgan fingerprint density at radius 3 is 2.27 bits per heavy atom. The second kappa shape index (κ2) is 5.60. The van der Waals surface area contributed by atoms with Crippen LogP contribution in [0.15, 0.2) is 0 Å². The molecular weight excluding hydrogens is 191 g/mol. The second-order valence-electron chi connectivity index (χ2n) is 2.29. The van der Waals surface area contributed by atoms with E-state index in [1.807, 2.05) is 0 Å². The van der Waals surface area contributed by atoms with Crippen LogP contribution in [0.4, 0.5) is 0 Å². The van der Waals surface area contributed by atoms with Gasteiger partial charge in [0.15, 0.2) is 0 Å². The molecule has 1 saturated heterocycles. The zero-order valence-electron chi connectivity index (χ0n) is 5.82. The van der Waals surface area contributed by atoms with Crippen molar-refractivity contribution in [2.75, 3.05) is 6.54 Å². The molecule has 0 aromatic carbocycles. The maximum absolute atomic E-state index is 10.2. The van der Waals surface area contributed by atoms with E-state index in [2.05, 4.69) is 5.32 Å². The van der Waals surface area contributed by atoms with Crippen LogP contribution in [0.5, 0.6) is 0 Å². The maximum Gasteiger partial charge on any atom is 0.320 e. The van der Waals surface area contributed by atoms with Gasteiger partial charge in [-0.25, -0.2) is 0 Å². The summed E-state index contributed by atoms with van der Waals surface area (Å²) in [7, 11) is 0. The minimum atomic E-state index is -0.803. The fraction of sp³-hybridized carbons (Fsp3) is 0.800. The van der Waals surface area contributed by atoms with E-state index >= 15 is 0 Å². The van der Waals surface area contributed by atoms with Crippen molar-refractivity contribution >= 4 is 30.8 Å². The van der Waals surface area contributed by atoms with Crippen molar-refractivity contribution in [3.63, 3.8) is 0 Å². The van der Waals surface area contributed by atoms with Crippen molar-refractivity contribution in [1.82, 2.24) is 5.32 Å². The fourth-order valence-electron chi connectivity index (χ4n) is 0.951. The summed E-state index contributed by atoms with van der Waals surface area (Å²) in [5, 5.41) is 11.2. The number of carbonyl (C=O) groups is 1. The van der Waals surface area contributed by atoms with Crippen molar-refractivity contribution in [3.8, 4) is 0 Å². The van der Waals surface area contributed by atoms with E-state index < -0.39 is 12.0 Å². The lowest BCUT2D eigenvalue weighted by Crippen LogP contribution is -2.30. The Hall–Kier alpha value is -0.0300. The Bertz CT molecular complexity index is 134. The van der Waals surface area contributed by atoms with Gasteiger partial charge in [0.25, 0.3) is 0 Å². The minimum Gasteiger partial charge on any atom is -0.480 e. The van der Waals surface area contributed by atoms with Gasteiger partial charge in [-0.1, -0.05) is 0 Å². The summed E-state index contributed by atoms with van der Waals surface area (Å²) in [4.78, 5) is 10.2. The number of carboxylic acids is 1. The summed E-state index contributed by atoms with van der Waals surface area (Å²) in [5.74, 6) is -0.803. The van der Waals surface area contributed by atoms with Crippen molar-refractivity contribution in [2.45, 2.75) is 18.5 Å². The van der Waals surface area contributed by atoms with E-state index in [0.717, 1.165) is 0 Å². The number of nitrogens with two attached hydrogens (primary N) is 1. The molecule has 1 rings (SSSR count). The van der Waals surface area contributed by atoms with Gasteiger partial charge in [-0.15, -0.1) is 24.8 Å². The van der Waals surface area contributed by atoms with Gasteiger partial charge in [-0.3, -0.25) is 4.79 Å². The van der Waals surface area contributed by atoms with E-state index in [9.17, 15) is 4.79 Å². The minimum absolute atomic E-state index is 0. The Kier molecular flexibility index (Phi) is 6.90. The predicted octanol–water partition coefficient (Wildman–Crippen LogP) is -0.396. The van der Waals surface area contributed by atoms with Gasteiger partial charge in [-0.05, 0) is 6.42 Å². The first-order valence-electron chi connectivity index (χ1n) is 2.92. The zero-order chi connectivity index (χ0) is 6.85. The molecule has 1 unspecified atom stereocenters. The summed E-state index contributed by atoms with van der Waals surface area (Å²) in [5.41, 5.74) is 5.44. The van der Waals surface area contributed by atoms with Crippen LogP contribution in [-0.4, -0.2) is 29.7 Å². The molecule has 11 heavy (non-hydrogen) atoms. The highest BCUT2D eigenvalue weighted by Crippen LogP contribution is 2.03. The quantitative estimate of drug-likeness (QED) is 0.542. The average molecular weight is 203 g/mol. The molecule has 1 aliphatic heterocycles. The molecule has 0 spiro atoms. The standard InChI is InChI=1S/C5H10N2O2.2ClH/c6-3-1-4(5(8)9)7-2-3;;/h3-4,7H,1-2,6H2,(H,8,9);2*1H/t3?,4-;;/m0../s1. The number of carboxylic acid groups (broad SMARTS) is 1. The number of rotatable bonds is 1. The van der Waals surface area contributed by atoms with Crippen molar-refractivity contribution in [1.29, 1.82) is 0 Å². The second-order valence-corrected chi connectivity index (χ2v) is 2.29. The third kappa shape index (κ3) is 3.76. The van der Waals surface area contributed by atoms with Crippen LogP contribution >= 0.6 is 24.8 Å². The molecule has 68 valence electrons. The first kappa shape index (κ1) is 13.6. The summed E-state index contributed by atoms with van der Waals surface area (Å²) in [6.45, 7) is 0.622. The Morgan fingerprint density at radius 1 is 1.55 bits per heavy atom. The summed E-state index contributed by atoms with van der Waals surface area (Å²) in [6.07, 6.45) is 0.551. The van der Waals surface area contributed by atoms with Crippen LogP contribution in [-0.2, 0) is 4.79 Å². The number of halogens is 2. The van der Waals surface area contributed by atoms with E-state index in [1.54, 1.807) is 0 Å². The smallest absolute Gasteiger partial charge is 0.320 e. The highest BCUT2D eigenvalue weighted by atomic mass is 35.5. The van der Waals surface area contributed by atoms with Crippen LogP contribution < -0.4 is 11.1 Å². The van der Waals surface area contributed by atoms with Crippen molar-refractivity contribution in [3.05, 3.63) is 0 Å². The van der Waals surface area contributed by atoms with E-state index in [-0.39, 0.29) is 30.9 Å². The van der Waals surface area contributed by atoms with Crippen molar-refractivity contribution < 1.29 is 9.90 Å². The predicted molar refractivity (Wildman–Crippen MR) is 46.5 cm³/mol. The molecule has 0 aromatic rings. The molecule has 0 amide bonds. The van der Waals surface area contributed by atoms with Gasteiger partial charge in [-0.2, -0.15) is 0 Å². The average Bonchev–Trinajstić information content (AvgIpc) is 2.14. The van der Waals surface area contributed by atoms with Crippen LogP contribution in [0, 0.1) is 0 Å². The van der Waals surface area contributed by atoms with Gasteiger partial charge in [0.2, 0.25) is 0 Å². The normalized spacial score (nSPS) is 28.5. The van der Waals surface area contributed by atoms with E-state index in [0.29, 0.717) is 13.0 Å². The lowest BCUT2D eigenvalue weighted by Gasteiger charge is -2.00. The van der Waals surface area contributed by atoms with Gasteiger partial charge >= 0.3 is 5.97 Å². The SMILES string of the molecule is Cl.Cl.NC1CN[C@H](C(=O)O)C1. The highest BCUT2D eigenvalue weighted by Gasteiger charge is 2.26. The first-order chi connectivity index (χ1) is 4.20. The molecule has 6 heteroatoms. The third-order valence-electron chi connectivity index (χ3n) is 1.46. The van der Waals surface area contributed by atoms with Crippen LogP contribution in [0.2, 0.25) is 0 Å². The van der Waals surface area contributed by atoms with Crippen molar-refractivity contribution in [2.24, 2.45) is 5.73 Å². The zero-order valence-corrected chi connectivity index (χ0v) is 7.45. The van der Waals surface area contributed by atoms with E-state index in [1.165, 1.54) is 0 Å². The number of hydrogen-bond acceptors (Lipinski definition) is 3. The number of nitrogens with one attached hydrogen (secondary N) is 1. The van der Waals surface area contributed by atoms with Crippen LogP contribution in [0.3, 0.4) is 0 Å². The monoisotopic (exact) mass is 202 g/mol. The summed E-state index contributed by atoms with van der Waals surface area (Å²) < 4.78 is 0. The number of aliphatic carboxylic acids is 1. The molecule has 4 N–H and O–H groups in total. The molecule has 1 aliphatic rings. The topological polar surface area (TPSA) is 75.3 Å². The third-order valence-corrected chi connectivity index (χ3v) is 1.46. The lowest BCUT2D eigenvalue weighted by atomic mass is 10.2. The van der Waals surface area contributed by atoms with Gasteiger partial charge in [0.05, 0.1) is 0 Å².